The SMILES string of the molecule is CCNC(C)(CO)CCCCN(C)CC1CCOCC1. The van der Waals surface area contributed by atoms with Gasteiger partial charge in [-0.3, -0.25) is 0 Å². The van der Waals surface area contributed by atoms with Crippen LogP contribution in [0.15, 0.2) is 0 Å². The highest BCUT2D eigenvalue weighted by Crippen LogP contribution is 2.17. The Balaban J connectivity index is 2.10. The van der Waals surface area contributed by atoms with Crippen LogP contribution in [0, 0.1) is 5.92 Å². The van der Waals surface area contributed by atoms with E-state index in [1.54, 1.807) is 0 Å². The lowest BCUT2D eigenvalue weighted by Crippen LogP contribution is -2.45. The fraction of sp³-hybridized carbons (Fsp3) is 1.00. The van der Waals surface area contributed by atoms with Crippen molar-refractivity contribution in [1.29, 1.82) is 0 Å². The minimum absolute atomic E-state index is 0.103. The van der Waals surface area contributed by atoms with Crippen molar-refractivity contribution < 1.29 is 9.84 Å². The topological polar surface area (TPSA) is 44.7 Å². The zero-order valence-corrected chi connectivity index (χ0v) is 13.7. The number of ether oxygens (including phenoxy) is 1. The molecule has 0 aromatic heterocycles. The minimum atomic E-state index is -0.103. The molecule has 0 aromatic rings. The molecule has 0 aliphatic carbocycles. The second-order valence-electron chi connectivity index (χ2n) is 6.52. The quantitative estimate of drug-likeness (QED) is 0.602. The maximum absolute atomic E-state index is 9.46. The van der Waals surface area contributed by atoms with E-state index in [9.17, 15) is 5.11 Å². The van der Waals surface area contributed by atoms with Crippen LogP contribution >= 0.6 is 0 Å². The number of likely N-dealkylation sites (N-methyl/N-ethyl adjacent to an activating group) is 1. The largest absolute Gasteiger partial charge is 0.394 e. The molecule has 1 saturated heterocycles. The van der Waals surface area contributed by atoms with Crippen molar-refractivity contribution in [2.45, 2.75) is 51.5 Å². The maximum Gasteiger partial charge on any atom is 0.0610 e. The predicted molar refractivity (Wildman–Crippen MR) is 84.1 cm³/mol. The summed E-state index contributed by atoms with van der Waals surface area (Å²) in [4.78, 5) is 2.46. The van der Waals surface area contributed by atoms with Gasteiger partial charge in [0.15, 0.2) is 0 Å². The summed E-state index contributed by atoms with van der Waals surface area (Å²) < 4.78 is 5.40. The van der Waals surface area contributed by atoms with Crippen LogP contribution in [0.25, 0.3) is 0 Å². The fourth-order valence-corrected chi connectivity index (χ4v) is 3.01. The molecule has 1 fully saturated rings. The lowest BCUT2D eigenvalue weighted by molar-refractivity contribution is 0.0554. The Morgan fingerprint density at radius 2 is 2.00 bits per heavy atom. The highest BCUT2D eigenvalue weighted by Gasteiger charge is 2.21. The first-order valence-corrected chi connectivity index (χ1v) is 8.22. The normalized spacial score (nSPS) is 20.2. The molecule has 0 saturated carbocycles. The van der Waals surface area contributed by atoms with Crippen molar-refractivity contribution in [1.82, 2.24) is 10.2 Å². The average Bonchev–Trinajstić information content (AvgIpc) is 2.45. The van der Waals surface area contributed by atoms with E-state index in [0.29, 0.717) is 0 Å². The van der Waals surface area contributed by atoms with Crippen LogP contribution in [0.5, 0.6) is 0 Å². The number of hydrogen-bond acceptors (Lipinski definition) is 4. The molecule has 1 atom stereocenters. The lowest BCUT2D eigenvalue weighted by Gasteiger charge is -2.29. The molecule has 120 valence electrons. The van der Waals surface area contributed by atoms with Crippen molar-refractivity contribution in [2.24, 2.45) is 5.92 Å². The van der Waals surface area contributed by atoms with E-state index in [1.165, 1.54) is 32.2 Å². The zero-order valence-electron chi connectivity index (χ0n) is 13.7. The van der Waals surface area contributed by atoms with Gasteiger partial charge in [-0.15, -0.1) is 0 Å². The lowest BCUT2D eigenvalue weighted by atomic mass is 9.95. The van der Waals surface area contributed by atoms with Crippen LogP contribution in [-0.4, -0.2) is 62.0 Å². The molecule has 1 unspecified atom stereocenters. The second-order valence-corrected chi connectivity index (χ2v) is 6.52. The average molecular weight is 286 g/mol. The molecule has 0 aromatic carbocycles. The smallest absolute Gasteiger partial charge is 0.0610 e. The van der Waals surface area contributed by atoms with Crippen LogP contribution < -0.4 is 5.32 Å². The van der Waals surface area contributed by atoms with Gasteiger partial charge in [-0.05, 0) is 58.7 Å². The zero-order chi connectivity index (χ0) is 14.8. The van der Waals surface area contributed by atoms with Gasteiger partial charge < -0.3 is 20.1 Å². The predicted octanol–water partition coefficient (Wildman–Crippen LogP) is 1.88. The van der Waals surface area contributed by atoms with Crippen molar-refractivity contribution >= 4 is 0 Å². The van der Waals surface area contributed by atoms with E-state index in [0.717, 1.165) is 38.6 Å². The van der Waals surface area contributed by atoms with Crippen LogP contribution in [-0.2, 0) is 4.74 Å². The molecule has 0 amide bonds. The minimum Gasteiger partial charge on any atom is -0.394 e. The van der Waals surface area contributed by atoms with Crippen LogP contribution in [0.3, 0.4) is 0 Å². The molecule has 1 aliphatic rings. The number of rotatable bonds is 10. The fourth-order valence-electron chi connectivity index (χ4n) is 3.01. The van der Waals surface area contributed by atoms with Gasteiger partial charge in [0.2, 0.25) is 0 Å². The third kappa shape index (κ3) is 7.02. The summed E-state index contributed by atoms with van der Waals surface area (Å²) in [6.45, 7) is 9.59. The summed E-state index contributed by atoms with van der Waals surface area (Å²) in [6.07, 6.45) is 5.85. The Morgan fingerprint density at radius 1 is 1.30 bits per heavy atom. The molecule has 0 radical (unpaired) electrons. The molecule has 4 heteroatoms. The first kappa shape index (κ1) is 17.9. The molecule has 1 rings (SSSR count). The Kier molecular flexibility index (Phi) is 8.69. The highest BCUT2D eigenvalue weighted by atomic mass is 16.5. The van der Waals surface area contributed by atoms with Crippen LogP contribution in [0.4, 0.5) is 0 Å². The third-order valence-electron chi connectivity index (χ3n) is 4.38. The van der Waals surface area contributed by atoms with Crippen molar-refractivity contribution in [3.05, 3.63) is 0 Å². The third-order valence-corrected chi connectivity index (χ3v) is 4.38. The van der Waals surface area contributed by atoms with Gasteiger partial charge in [0.25, 0.3) is 0 Å². The number of nitrogens with zero attached hydrogens (tertiary/aromatic N) is 1. The van der Waals surface area contributed by atoms with E-state index in [4.69, 9.17) is 4.74 Å². The van der Waals surface area contributed by atoms with E-state index in [1.807, 2.05) is 0 Å². The van der Waals surface area contributed by atoms with Gasteiger partial charge in [-0.25, -0.2) is 0 Å². The Hall–Kier alpha value is -0.160. The Labute approximate surface area is 124 Å². The summed E-state index contributed by atoms with van der Waals surface area (Å²) in [5.41, 5.74) is -0.103. The summed E-state index contributed by atoms with van der Waals surface area (Å²) in [5, 5.41) is 12.8. The van der Waals surface area contributed by atoms with Crippen molar-refractivity contribution in [3.8, 4) is 0 Å². The Bertz CT molecular complexity index is 245. The first-order valence-electron chi connectivity index (χ1n) is 8.22. The summed E-state index contributed by atoms with van der Waals surface area (Å²) in [5.74, 6) is 0.818. The second kappa shape index (κ2) is 9.72. The van der Waals surface area contributed by atoms with Crippen LogP contribution in [0.1, 0.15) is 46.0 Å². The number of aliphatic hydroxyl groups excluding tert-OH is 1. The van der Waals surface area contributed by atoms with E-state index in [-0.39, 0.29) is 12.1 Å². The molecule has 1 heterocycles. The van der Waals surface area contributed by atoms with E-state index in [2.05, 4.69) is 31.1 Å². The van der Waals surface area contributed by atoms with Gasteiger partial charge in [0, 0.05) is 25.3 Å². The first-order chi connectivity index (χ1) is 9.59. The van der Waals surface area contributed by atoms with Gasteiger partial charge in [-0.1, -0.05) is 13.3 Å². The molecule has 4 nitrogen and oxygen atoms in total. The summed E-state index contributed by atoms with van der Waals surface area (Å²) >= 11 is 0. The molecule has 0 bridgehead atoms. The van der Waals surface area contributed by atoms with Crippen molar-refractivity contribution in [3.63, 3.8) is 0 Å². The standard InChI is InChI=1S/C16H34N2O2/c1-4-17-16(2,14-19)9-5-6-10-18(3)13-15-7-11-20-12-8-15/h15,17,19H,4-14H2,1-3H3. The van der Waals surface area contributed by atoms with E-state index < -0.39 is 0 Å². The van der Waals surface area contributed by atoms with Gasteiger partial charge >= 0.3 is 0 Å². The summed E-state index contributed by atoms with van der Waals surface area (Å²) in [7, 11) is 2.23. The van der Waals surface area contributed by atoms with Gasteiger partial charge in [0.1, 0.15) is 0 Å². The molecule has 0 spiro atoms. The number of aliphatic hydroxyl groups is 1. The molecular formula is C16H34N2O2. The van der Waals surface area contributed by atoms with Crippen LogP contribution in [0.2, 0.25) is 0 Å². The van der Waals surface area contributed by atoms with E-state index >= 15 is 0 Å². The Morgan fingerprint density at radius 3 is 2.60 bits per heavy atom. The van der Waals surface area contributed by atoms with Gasteiger partial charge in [0.05, 0.1) is 6.61 Å². The molecular weight excluding hydrogens is 252 g/mol. The monoisotopic (exact) mass is 286 g/mol. The molecule has 20 heavy (non-hydrogen) atoms. The highest BCUT2D eigenvalue weighted by molar-refractivity contribution is 4.81. The number of nitrogens with one attached hydrogen (secondary N) is 1. The maximum atomic E-state index is 9.46. The van der Waals surface area contributed by atoms with Crippen molar-refractivity contribution in [2.75, 3.05) is 46.5 Å². The number of hydrogen-bond donors (Lipinski definition) is 2. The number of unbranched alkanes of at least 4 members (excludes halogenated alkanes) is 1. The van der Waals surface area contributed by atoms with Gasteiger partial charge in [-0.2, -0.15) is 0 Å². The molecule has 1 aliphatic heterocycles. The summed E-state index contributed by atoms with van der Waals surface area (Å²) in [6, 6.07) is 0. The molecule has 2 N–H and O–H groups in total.